The molecule has 94 valence electrons. The molecule has 6 heteroatoms. The van der Waals surface area contributed by atoms with Crippen molar-refractivity contribution in [2.24, 2.45) is 5.92 Å². The van der Waals surface area contributed by atoms with Crippen LogP contribution in [0.15, 0.2) is 6.33 Å². The zero-order valence-electron chi connectivity index (χ0n) is 10.2. The molecule has 0 aromatic carbocycles. The smallest absolute Gasteiger partial charge is 0.228 e. The number of hydrogen-bond acceptors (Lipinski definition) is 4. The van der Waals surface area contributed by atoms with Gasteiger partial charge in [0.2, 0.25) is 5.91 Å². The fourth-order valence-corrected chi connectivity index (χ4v) is 2.14. The van der Waals surface area contributed by atoms with Gasteiger partial charge in [0.1, 0.15) is 12.2 Å². The van der Waals surface area contributed by atoms with E-state index in [0.29, 0.717) is 12.4 Å². The van der Waals surface area contributed by atoms with Crippen molar-refractivity contribution in [1.29, 1.82) is 0 Å². The van der Waals surface area contributed by atoms with Crippen molar-refractivity contribution in [2.75, 3.05) is 13.7 Å². The lowest BCUT2D eigenvalue weighted by molar-refractivity contribution is -0.143. The van der Waals surface area contributed by atoms with E-state index in [1.54, 1.807) is 11.9 Å². The predicted octanol–water partition coefficient (Wildman–Crippen LogP) is 0.578. The second-order valence-corrected chi connectivity index (χ2v) is 4.45. The van der Waals surface area contributed by atoms with E-state index in [0.717, 1.165) is 19.4 Å². The maximum atomic E-state index is 12.2. The number of amides is 1. The van der Waals surface area contributed by atoms with Gasteiger partial charge in [-0.1, -0.05) is 0 Å². The second kappa shape index (κ2) is 5.27. The van der Waals surface area contributed by atoms with Crippen molar-refractivity contribution in [3.63, 3.8) is 0 Å². The molecule has 0 bridgehead atoms. The van der Waals surface area contributed by atoms with Crippen molar-refractivity contribution < 1.29 is 9.53 Å². The molecule has 17 heavy (non-hydrogen) atoms. The van der Waals surface area contributed by atoms with Crippen LogP contribution in [0.4, 0.5) is 0 Å². The quantitative estimate of drug-likeness (QED) is 0.836. The Morgan fingerprint density at radius 2 is 2.53 bits per heavy atom. The van der Waals surface area contributed by atoms with Crippen LogP contribution in [-0.2, 0) is 16.1 Å². The van der Waals surface area contributed by atoms with Gasteiger partial charge in [-0.05, 0) is 19.8 Å². The highest BCUT2D eigenvalue weighted by Crippen LogP contribution is 2.22. The van der Waals surface area contributed by atoms with E-state index in [4.69, 9.17) is 4.74 Å². The molecule has 2 rings (SSSR count). The normalized spacial score (nSPS) is 24.6. The van der Waals surface area contributed by atoms with E-state index in [2.05, 4.69) is 15.2 Å². The minimum absolute atomic E-state index is 0.00780. The lowest BCUT2D eigenvalue weighted by Gasteiger charge is -2.31. The summed E-state index contributed by atoms with van der Waals surface area (Å²) in [6.45, 7) is 3.18. The zero-order valence-corrected chi connectivity index (χ0v) is 10.2. The zero-order chi connectivity index (χ0) is 12.3. The first-order chi connectivity index (χ1) is 8.18. The molecule has 1 fully saturated rings. The monoisotopic (exact) mass is 238 g/mol. The van der Waals surface area contributed by atoms with E-state index in [1.807, 2.05) is 6.92 Å². The van der Waals surface area contributed by atoms with Gasteiger partial charge in [-0.15, -0.1) is 0 Å². The summed E-state index contributed by atoms with van der Waals surface area (Å²) < 4.78 is 5.51. The van der Waals surface area contributed by atoms with E-state index < -0.39 is 0 Å². The summed E-state index contributed by atoms with van der Waals surface area (Å²) in [7, 11) is 1.78. The minimum Gasteiger partial charge on any atom is -0.378 e. The molecule has 2 heterocycles. The molecule has 1 aliphatic rings. The fourth-order valence-electron chi connectivity index (χ4n) is 2.14. The number of carbonyl (C=O) groups is 1. The van der Waals surface area contributed by atoms with Gasteiger partial charge in [0.15, 0.2) is 0 Å². The lowest BCUT2D eigenvalue weighted by Crippen LogP contribution is -2.41. The largest absolute Gasteiger partial charge is 0.378 e. The molecule has 0 saturated carbocycles. The first-order valence-corrected chi connectivity index (χ1v) is 5.89. The molecule has 6 nitrogen and oxygen atoms in total. The van der Waals surface area contributed by atoms with Gasteiger partial charge in [-0.25, -0.2) is 4.98 Å². The number of ether oxygens (including phenoxy) is 1. The van der Waals surface area contributed by atoms with E-state index in [1.165, 1.54) is 6.33 Å². The molecule has 2 atom stereocenters. The number of nitrogens with zero attached hydrogens (tertiary/aromatic N) is 3. The summed E-state index contributed by atoms with van der Waals surface area (Å²) >= 11 is 0. The highest BCUT2D eigenvalue weighted by molar-refractivity contribution is 5.79. The number of nitrogens with one attached hydrogen (secondary N) is 1. The van der Waals surface area contributed by atoms with Gasteiger partial charge < -0.3 is 9.64 Å². The molecule has 0 radical (unpaired) electrons. The highest BCUT2D eigenvalue weighted by Gasteiger charge is 2.30. The Labute approximate surface area is 100 Å². The van der Waals surface area contributed by atoms with Gasteiger partial charge >= 0.3 is 0 Å². The number of carbonyl (C=O) groups excluding carboxylic acids is 1. The summed E-state index contributed by atoms with van der Waals surface area (Å²) in [5, 5.41) is 6.51. The summed E-state index contributed by atoms with van der Waals surface area (Å²) in [5.74, 6) is 0.788. The van der Waals surface area contributed by atoms with Gasteiger partial charge in [-0.3, -0.25) is 9.89 Å². The highest BCUT2D eigenvalue weighted by atomic mass is 16.5. The van der Waals surface area contributed by atoms with Crippen molar-refractivity contribution in [1.82, 2.24) is 20.1 Å². The van der Waals surface area contributed by atoms with Gasteiger partial charge in [0, 0.05) is 13.7 Å². The number of aromatic amines is 1. The molecule has 0 aliphatic carbocycles. The molecule has 1 aromatic rings. The molecule has 1 amide bonds. The molecule has 1 aromatic heterocycles. The number of hydrogen-bond donors (Lipinski definition) is 1. The molecule has 1 N–H and O–H groups in total. The Morgan fingerprint density at radius 3 is 3.18 bits per heavy atom. The summed E-state index contributed by atoms with van der Waals surface area (Å²) in [6.07, 6.45) is 3.31. The third-order valence-corrected chi connectivity index (χ3v) is 3.15. The van der Waals surface area contributed by atoms with E-state index in [9.17, 15) is 4.79 Å². The minimum atomic E-state index is -0.0309. The van der Waals surface area contributed by atoms with Crippen LogP contribution in [0.2, 0.25) is 0 Å². The molecular formula is C11H18N4O2. The van der Waals surface area contributed by atoms with Crippen molar-refractivity contribution >= 4 is 5.91 Å². The maximum Gasteiger partial charge on any atom is 0.228 e. The summed E-state index contributed by atoms with van der Waals surface area (Å²) in [6, 6.07) is 0. The Hall–Kier alpha value is -1.43. The van der Waals surface area contributed by atoms with Crippen LogP contribution >= 0.6 is 0 Å². The van der Waals surface area contributed by atoms with Gasteiger partial charge in [-0.2, -0.15) is 5.10 Å². The van der Waals surface area contributed by atoms with Crippen LogP contribution in [-0.4, -0.2) is 45.7 Å². The van der Waals surface area contributed by atoms with Crippen LogP contribution in [0.1, 0.15) is 25.6 Å². The first-order valence-electron chi connectivity index (χ1n) is 5.89. The number of aromatic nitrogens is 3. The second-order valence-electron chi connectivity index (χ2n) is 4.45. The SMILES string of the molecule is CC1OCCCC1C(=O)N(C)Cc1ncn[nH]1. The third kappa shape index (κ3) is 2.82. The average Bonchev–Trinajstić information content (AvgIpc) is 2.81. The van der Waals surface area contributed by atoms with Crippen LogP contribution in [0, 0.1) is 5.92 Å². The van der Waals surface area contributed by atoms with Gasteiger partial charge in [0.05, 0.1) is 18.6 Å². The van der Waals surface area contributed by atoms with Crippen LogP contribution < -0.4 is 0 Å². The fraction of sp³-hybridized carbons (Fsp3) is 0.727. The van der Waals surface area contributed by atoms with Crippen molar-refractivity contribution in [3.8, 4) is 0 Å². The first kappa shape index (κ1) is 12.0. The summed E-state index contributed by atoms with van der Waals surface area (Å²) in [5.41, 5.74) is 0. The van der Waals surface area contributed by atoms with E-state index in [-0.39, 0.29) is 17.9 Å². The molecule has 1 aliphatic heterocycles. The third-order valence-electron chi connectivity index (χ3n) is 3.15. The lowest BCUT2D eigenvalue weighted by atomic mass is 9.94. The molecule has 1 saturated heterocycles. The van der Waals surface area contributed by atoms with Crippen molar-refractivity contribution in [2.45, 2.75) is 32.4 Å². The molecule has 0 spiro atoms. The topological polar surface area (TPSA) is 71.1 Å². The standard InChI is InChI=1S/C11H18N4O2/c1-8-9(4-3-5-17-8)11(16)15(2)6-10-12-7-13-14-10/h7-9H,3-6H2,1-2H3,(H,12,13,14). The molecular weight excluding hydrogens is 220 g/mol. The van der Waals surface area contributed by atoms with Crippen LogP contribution in [0.3, 0.4) is 0 Å². The Balaban J connectivity index is 1.94. The summed E-state index contributed by atoms with van der Waals surface area (Å²) in [4.78, 5) is 17.9. The number of rotatable bonds is 3. The van der Waals surface area contributed by atoms with Gasteiger partial charge in [0.25, 0.3) is 0 Å². The predicted molar refractivity (Wildman–Crippen MR) is 61.0 cm³/mol. The van der Waals surface area contributed by atoms with Crippen LogP contribution in [0.5, 0.6) is 0 Å². The molecule has 2 unspecified atom stereocenters. The van der Waals surface area contributed by atoms with Crippen LogP contribution in [0.25, 0.3) is 0 Å². The van der Waals surface area contributed by atoms with Crippen molar-refractivity contribution in [3.05, 3.63) is 12.2 Å². The number of H-pyrrole nitrogens is 1. The Bertz CT molecular complexity index is 366. The maximum absolute atomic E-state index is 12.2. The Morgan fingerprint density at radius 1 is 1.71 bits per heavy atom. The Kier molecular flexibility index (Phi) is 3.73. The average molecular weight is 238 g/mol. The van der Waals surface area contributed by atoms with E-state index >= 15 is 0 Å².